The minimum absolute atomic E-state index is 0.362. The van der Waals surface area contributed by atoms with Gasteiger partial charge in [-0.2, -0.15) is 0 Å². The van der Waals surface area contributed by atoms with Gasteiger partial charge in [0, 0.05) is 17.8 Å². The molecule has 2 atom stereocenters. The molecule has 0 bridgehead atoms. The highest BCUT2D eigenvalue weighted by molar-refractivity contribution is 5.84. The highest BCUT2D eigenvalue weighted by atomic mass is 14.8. The number of benzene rings is 5. The molecule has 3 heteroatoms. The molecule has 5 aromatic rings. The maximum absolute atomic E-state index is 7.39. The zero-order valence-corrected chi connectivity index (χ0v) is 20.7. The number of nitrogens with two attached hydrogens (primary N) is 3. The molecule has 182 valence electrons. The molecule has 0 saturated carbocycles. The Morgan fingerprint density at radius 3 is 1.70 bits per heavy atom. The first kappa shape index (κ1) is 23.2. The smallest absolute Gasteiger partial charge is 0.0602 e. The van der Waals surface area contributed by atoms with Gasteiger partial charge >= 0.3 is 0 Å². The molecular formula is C34H31N3. The molecule has 0 radical (unpaired) electrons. The quantitative estimate of drug-likeness (QED) is 0.241. The molecule has 6 N–H and O–H groups in total. The lowest BCUT2D eigenvalue weighted by atomic mass is 9.62. The van der Waals surface area contributed by atoms with Crippen LogP contribution in [-0.4, -0.2) is 0 Å². The largest absolute Gasteiger partial charge is 0.399 e. The molecule has 0 saturated heterocycles. The highest BCUT2D eigenvalue weighted by Crippen LogP contribution is 2.60. The van der Waals surface area contributed by atoms with Gasteiger partial charge in [0.25, 0.3) is 0 Å². The van der Waals surface area contributed by atoms with Crippen LogP contribution in [0, 0.1) is 0 Å². The molecule has 0 fully saturated rings. The van der Waals surface area contributed by atoms with Gasteiger partial charge < -0.3 is 17.2 Å². The van der Waals surface area contributed by atoms with Crippen LogP contribution in [0.5, 0.6) is 0 Å². The van der Waals surface area contributed by atoms with Gasteiger partial charge in [0.05, 0.1) is 5.41 Å². The van der Waals surface area contributed by atoms with Crippen molar-refractivity contribution < 1.29 is 0 Å². The van der Waals surface area contributed by atoms with Gasteiger partial charge in [-0.3, -0.25) is 0 Å². The lowest BCUT2D eigenvalue weighted by molar-refractivity contribution is 0.351. The second-order valence-corrected chi connectivity index (χ2v) is 9.95. The molecule has 5 aromatic carbocycles. The lowest BCUT2D eigenvalue weighted by Gasteiger charge is -2.44. The third kappa shape index (κ3) is 3.75. The zero-order valence-electron chi connectivity index (χ0n) is 20.7. The van der Waals surface area contributed by atoms with Crippen LogP contribution in [0.25, 0.3) is 11.1 Å². The topological polar surface area (TPSA) is 78.1 Å². The summed E-state index contributed by atoms with van der Waals surface area (Å²) < 4.78 is 0. The summed E-state index contributed by atoms with van der Waals surface area (Å²) in [6, 6.07) is 43.4. The summed E-state index contributed by atoms with van der Waals surface area (Å²) in [5.41, 5.74) is 30.3. The van der Waals surface area contributed by atoms with E-state index in [2.05, 4.69) is 103 Å². The van der Waals surface area contributed by atoms with Crippen molar-refractivity contribution in [1.29, 1.82) is 0 Å². The molecule has 0 aromatic heterocycles. The summed E-state index contributed by atoms with van der Waals surface area (Å²) in [7, 11) is 0. The summed E-state index contributed by atoms with van der Waals surface area (Å²) in [6.07, 6.45) is 0.766. The van der Waals surface area contributed by atoms with Crippen molar-refractivity contribution in [2.75, 3.05) is 5.73 Å². The fraction of sp³-hybridized carbons (Fsp3) is 0.118. The molecule has 3 nitrogen and oxygen atoms in total. The molecule has 2 unspecified atom stereocenters. The Kier molecular flexibility index (Phi) is 5.88. The van der Waals surface area contributed by atoms with Crippen molar-refractivity contribution in [3.05, 3.63) is 161 Å². The van der Waals surface area contributed by atoms with Crippen LogP contribution in [0.3, 0.4) is 0 Å². The predicted octanol–water partition coefficient (Wildman–Crippen LogP) is 6.53. The molecule has 37 heavy (non-hydrogen) atoms. The Balaban J connectivity index is 1.66. The lowest BCUT2D eigenvalue weighted by Crippen LogP contribution is -2.47. The monoisotopic (exact) mass is 481 g/mol. The Morgan fingerprint density at radius 1 is 0.541 bits per heavy atom. The molecule has 1 aliphatic rings. The van der Waals surface area contributed by atoms with E-state index in [1.807, 2.05) is 24.3 Å². The number of fused-ring (bicyclic) bond motifs is 3. The van der Waals surface area contributed by atoms with Crippen molar-refractivity contribution in [2.45, 2.75) is 23.9 Å². The highest BCUT2D eigenvalue weighted by Gasteiger charge is 2.53. The Hall–Kier alpha value is -4.18. The van der Waals surface area contributed by atoms with Crippen LogP contribution in [0.4, 0.5) is 5.69 Å². The molecule has 0 spiro atoms. The summed E-state index contributed by atoms with van der Waals surface area (Å²) in [4.78, 5) is 0. The molecule has 6 rings (SSSR count). The standard InChI is InChI=1S/C34H31N3/c35-27-20-18-23(19-21-27)22-26-14-9-16-29-28-15-7-8-17-30(28)34(31(26)29,32(36)24-10-3-1-4-11-24)33(37)25-12-5-2-6-13-25/h1-21,32-33H,22,35-37H2. The van der Waals surface area contributed by atoms with E-state index in [0.717, 1.165) is 23.2 Å². The zero-order chi connectivity index (χ0) is 25.4. The Labute approximate surface area is 218 Å². The first-order valence-corrected chi connectivity index (χ1v) is 12.8. The summed E-state index contributed by atoms with van der Waals surface area (Å²) in [5.74, 6) is 0. The summed E-state index contributed by atoms with van der Waals surface area (Å²) in [5, 5.41) is 0. The van der Waals surface area contributed by atoms with E-state index < -0.39 is 5.41 Å². The van der Waals surface area contributed by atoms with Gasteiger partial charge in [-0.15, -0.1) is 0 Å². The number of hydrogen-bond donors (Lipinski definition) is 3. The fourth-order valence-electron chi connectivity index (χ4n) is 6.22. The first-order valence-electron chi connectivity index (χ1n) is 12.8. The maximum Gasteiger partial charge on any atom is 0.0602 e. The van der Waals surface area contributed by atoms with E-state index in [1.165, 1.54) is 33.4 Å². The van der Waals surface area contributed by atoms with Gasteiger partial charge in [-0.1, -0.05) is 115 Å². The van der Waals surface area contributed by atoms with Crippen LogP contribution in [0.2, 0.25) is 0 Å². The number of nitrogen functional groups attached to an aromatic ring is 1. The molecule has 0 amide bonds. The second-order valence-electron chi connectivity index (χ2n) is 9.95. The SMILES string of the molecule is Nc1ccc(Cc2cccc3c2C(C(N)c2ccccc2)(C(N)c2ccccc2)c2ccccc2-3)cc1. The minimum Gasteiger partial charge on any atom is -0.399 e. The van der Waals surface area contributed by atoms with Crippen molar-refractivity contribution in [3.8, 4) is 11.1 Å². The van der Waals surface area contributed by atoms with Crippen molar-refractivity contribution in [3.63, 3.8) is 0 Å². The van der Waals surface area contributed by atoms with Crippen LogP contribution in [0.1, 0.15) is 45.5 Å². The van der Waals surface area contributed by atoms with Gasteiger partial charge in [0.1, 0.15) is 0 Å². The van der Waals surface area contributed by atoms with Crippen molar-refractivity contribution in [2.24, 2.45) is 11.5 Å². The Bertz CT molecular complexity index is 1480. The van der Waals surface area contributed by atoms with Gasteiger partial charge in [0.15, 0.2) is 0 Å². The average Bonchev–Trinajstić information content (AvgIpc) is 3.26. The van der Waals surface area contributed by atoms with E-state index >= 15 is 0 Å². The van der Waals surface area contributed by atoms with E-state index in [9.17, 15) is 0 Å². The molecule has 0 aliphatic heterocycles. The maximum atomic E-state index is 7.39. The van der Waals surface area contributed by atoms with E-state index in [1.54, 1.807) is 0 Å². The van der Waals surface area contributed by atoms with Gasteiger partial charge in [-0.05, 0) is 63.1 Å². The third-order valence-electron chi connectivity index (χ3n) is 7.90. The summed E-state index contributed by atoms with van der Waals surface area (Å²) in [6.45, 7) is 0. The van der Waals surface area contributed by atoms with Crippen molar-refractivity contribution in [1.82, 2.24) is 0 Å². The van der Waals surface area contributed by atoms with Crippen LogP contribution in [-0.2, 0) is 11.8 Å². The fourth-order valence-corrected chi connectivity index (χ4v) is 6.22. The minimum atomic E-state index is -0.668. The second kappa shape index (κ2) is 9.36. The Morgan fingerprint density at radius 2 is 1.08 bits per heavy atom. The predicted molar refractivity (Wildman–Crippen MR) is 153 cm³/mol. The van der Waals surface area contributed by atoms with Crippen LogP contribution >= 0.6 is 0 Å². The van der Waals surface area contributed by atoms with E-state index in [-0.39, 0.29) is 12.1 Å². The number of anilines is 1. The molecule has 1 aliphatic carbocycles. The van der Waals surface area contributed by atoms with E-state index in [0.29, 0.717) is 0 Å². The van der Waals surface area contributed by atoms with E-state index in [4.69, 9.17) is 17.2 Å². The number of hydrogen-bond acceptors (Lipinski definition) is 3. The van der Waals surface area contributed by atoms with Gasteiger partial charge in [0.2, 0.25) is 0 Å². The van der Waals surface area contributed by atoms with Crippen molar-refractivity contribution >= 4 is 5.69 Å². The third-order valence-corrected chi connectivity index (χ3v) is 7.90. The van der Waals surface area contributed by atoms with Crippen LogP contribution in [0.15, 0.2) is 127 Å². The average molecular weight is 482 g/mol. The summed E-state index contributed by atoms with van der Waals surface area (Å²) >= 11 is 0. The van der Waals surface area contributed by atoms with Crippen LogP contribution < -0.4 is 17.2 Å². The molecule has 0 heterocycles. The molecular weight excluding hydrogens is 450 g/mol. The van der Waals surface area contributed by atoms with Gasteiger partial charge in [-0.25, -0.2) is 0 Å². The normalized spacial score (nSPS) is 17.6. The first-order chi connectivity index (χ1) is 18.1. The number of rotatable bonds is 6.